The van der Waals surface area contributed by atoms with Gasteiger partial charge < -0.3 is 15.5 Å². The number of carbonyl (C=O) groups is 1. The molecule has 1 aliphatic rings. The first-order valence-corrected chi connectivity index (χ1v) is 5.82. The highest BCUT2D eigenvalue weighted by molar-refractivity contribution is 5.74. The highest BCUT2D eigenvalue weighted by Crippen LogP contribution is 2.18. The van der Waals surface area contributed by atoms with E-state index >= 15 is 0 Å². The quantitative estimate of drug-likeness (QED) is 0.820. The average Bonchev–Trinajstić information content (AvgIpc) is 3.11. The van der Waals surface area contributed by atoms with Crippen molar-refractivity contribution < 1.29 is 4.79 Å². The third-order valence-corrected chi connectivity index (χ3v) is 2.63. The molecule has 92 valence electrons. The van der Waals surface area contributed by atoms with Crippen molar-refractivity contribution in [3.63, 3.8) is 0 Å². The summed E-state index contributed by atoms with van der Waals surface area (Å²) in [6, 6.07) is 4.18. The number of nitrogens with zero attached hydrogens (tertiary/aromatic N) is 2. The number of anilines is 1. The largest absolute Gasteiger partial charge is 0.363 e. The van der Waals surface area contributed by atoms with Gasteiger partial charge in [-0.05, 0) is 30.5 Å². The van der Waals surface area contributed by atoms with E-state index in [2.05, 4.69) is 15.6 Å². The van der Waals surface area contributed by atoms with Gasteiger partial charge in [-0.15, -0.1) is 0 Å². The second-order valence-electron chi connectivity index (χ2n) is 4.52. The molecule has 1 aromatic rings. The van der Waals surface area contributed by atoms with E-state index < -0.39 is 0 Å². The minimum absolute atomic E-state index is 0.0873. The SMILES string of the molecule is CN(C)c1cc(CNC(=O)NC2CC2)ccn1. The number of carbonyl (C=O) groups excluding carboxylic acids is 1. The topological polar surface area (TPSA) is 57.3 Å². The molecule has 0 bridgehead atoms. The lowest BCUT2D eigenvalue weighted by Crippen LogP contribution is -2.36. The van der Waals surface area contributed by atoms with Gasteiger partial charge in [0.05, 0.1) is 0 Å². The van der Waals surface area contributed by atoms with Crippen LogP contribution in [0, 0.1) is 0 Å². The van der Waals surface area contributed by atoms with Gasteiger partial charge in [0, 0.05) is 32.9 Å². The zero-order valence-corrected chi connectivity index (χ0v) is 10.2. The molecule has 1 saturated carbocycles. The molecule has 1 aromatic heterocycles. The first kappa shape index (κ1) is 11.7. The molecule has 2 rings (SSSR count). The summed E-state index contributed by atoms with van der Waals surface area (Å²) in [6.07, 6.45) is 3.96. The van der Waals surface area contributed by atoms with Crippen LogP contribution in [-0.4, -0.2) is 31.2 Å². The number of hydrogen-bond donors (Lipinski definition) is 2. The first-order chi connectivity index (χ1) is 8.15. The van der Waals surface area contributed by atoms with E-state index in [0.717, 1.165) is 24.2 Å². The zero-order valence-electron chi connectivity index (χ0n) is 10.2. The Morgan fingerprint density at radius 3 is 2.94 bits per heavy atom. The monoisotopic (exact) mass is 234 g/mol. The summed E-state index contributed by atoms with van der Waals surface area (Å²) in [5, 5.41) is 5.73. The van der Waals surface area contributed by atoms with Crippen molar-refractivity contribution in [2.45, 2.75) is 25.4 Å². The van der Waals surface area contributed by atoms with Crippen LogP contribution in [0.15, 0.2) is 18.3 Å². The van der Waals surface area contributed by atoms with Gasteiger partial charge in [-0.25, -0.2) is 9.78 Å². The van der Waals surface area contributed by atoms with E-state index in [1.807, 2.05) is 31.1 Å². The van der Waals surface area contributed by atoms with Gasteiger partial charge >= 0.3 is 6.03 Å². The zero-order chi connectivity index (χ0) is 12.3. The standard InChI is InChI=1S/C12H18N4O/c1-16(2)11-7-9(5-6-13-11)8-14-12(17)15-10-3-4-10/h5-7,10H,3-4,8H2,1-2H3,(H2,14,15,17). The fourth-order valence-corrected chi connectivity index (χ4v) is 1.46. The molecule has 1 aliphatic carbocycles. The van der Waals surface area contributed by atoms with E-state index in [0.29, 0.717) is 12.6 Å². The molecule has 0 radical (unpaired) electrons. The molecule has 17 heavy (non-hydrogen) atoms. The maximum atomic E-state index is 11.4. The summed E-state index contributed by atoms with van der Waals surface area (Å²) in [6.45, 7) is 0.530. The van der Waals surface area contributed by atoms with E-state index in [9.17, 15) is 4.79 Å². The van der Waals surface area contributed by atoms with Crippen molar-refractivity contribution in [2.75, 3.05) is 19.0 Å². The predicted molar refractivity (Wildman–Crippen MR) is 67.0 cm³/mol. The first-order valence-electron chi connectivity index (χ1n) is 5.82. The van der Waals surface area contributed by atoms with Crippen molar-refractivity contribution in [1.82, 2.24) is 15.6 Å². The number of pyridine rings is 1. The summed E-state index contributed by atoms with van der Waals surface area (Å²) < 4.78 is 0. The molecule has 0 aliphatic heterocycles. The van der Waals surface area contributed by atoms with E-state index in [-0.39, 0.29) is 6.03 Å². The summed E-state index contributed by atoms with van der Waals surface area (Å²) in [4.78, 5) is 17.6. The second-order valence-corrected chi connectivity index (χ2v) is 4.52. The van der Waals surface area contributed by atoms with Crippen LogP contribution in [0.1, 0.15) is 18.4 Å². The predicted octanol–water partition coefficient (Wildman–Crippen LogP) is 1.11. The average molecular weight is 234 g/mol. The van der Waals surface area contributed by atoms with Crippen molar-refractivity contribution in [3.8, 4) is 0 Å². The number of rotatable bonds is 4. The van der Waals surface area contributed by atoms with Crippen LogP contribution in [0.4, 0.5) is 10.6 Å². The van der Waals surface area contributed by atoms with Crippen molar-refractivity contribution in [3.05, 3.63) is 23.9 Å². The molecule has 0 atom stereocenters. The molecule has 0 unspecified atom stereocenters. The van der Waals surface area contributed by atoms with E-state index in [4.69, 9.17) is 0 Å². The minimum atomic E-state index is -0.0873. The van der Waals surface area contributed by atoms with Gasteiger partial charge in [-0.2, -0.15) is 0 Å². The lowest BCUT2D eigenvalue weighted by molar-refractivity contribution is 0.240. The Morgan fingerprint density at radius 1 is 1.53 bits per heavy atom. The van der Waals surface area contributed by atoms with Crippen LogP contribution < -0.4 is 15.5 Å². The molecular weight excluding hydrogens is 216 g/mol. The van der Waals surface area contributed by atoms with Crippen molar-refractivity contribution >= 4 is 11.8 Å². The van der Waals surface area contributed by atoms with Gasteiger partial charge in [-0.1, -0.05) is 0 Å². The van der Waals surface area contributed by atoms with Crippen LogP contribution in [0.25, 0.3) is 0 Å². The molecule has 5 nitrogen and oxygen atoms in total. The summed E-state index contributed by atoms with van der Waals surface area (Å²) in [5.74, 6) is 0.895. The number of aromatic nitrogens is 1. The van der Waals surface area contributed by atoms with Gasteiger partial charge in [0.15, 0.2) is 0 Å². The summed E-state index contributed by atoms with van der Waals surface area (Å²) in [7, 11) is 3.89. The summed E-state index contributed by atoms with van der Waals surface area (Å²) in [5.41, 5.74) is 1.05. The molecule has 2 amide bonds. The third kappa shape index (κ3) is 3.62. The van der Waals surface area contributed by atoms with E-state index in [1.54, 1.807) is 6.20 Å². The Morgan fingerprint density at radius 2 is 2.29 bits per heavy atom. The van der Waals surface area contributed by atoms with Crippen LogP contribution >= 0.6 is 0 Å². The van der Waals surface area contributed by atoms with E-state index in [1.165, 1.54) is 0 Å². The Kier molecular flexibility index (Phi) is 3.46. The molecular formula is C12H18N4O. The highest BCUT2D eigenvalue weighted by Gasteiger charge is 2.22. The maximum Gasteiger partial charge on any atom is 0.315 e. The number of urea groups is 1. The number of nitrogens with one attached hydrogen (secondary N) is 2. The fourth-order valence-electron chi connectivity index (χ4n) is 1.46. The molecule has 5 heteroatoms. The van der Waals surface area contributed by atoms with Crippen LogP contribution in [0.3, 0.4) is 0 Å². The molecule has 1 heterocycles. The third-order valence-electron chi connectivity index (χ3n) is 2.63. The number of hydrogen-bond acceptors (Lipinski definition) is 3. The highest BCUT2D eigenvalue weighted by atomic mass is 16.2. The maximum absolute atomic E-state index is 11.4. The molecule has 2 N–H and O–H groups in total. The van der Waals surface area contributed by atoms with Crippen LogP contribution in [0.2, 0.25) is 0 Å². The Hall–Kier alpha value is -1.78. The Bertz CT molecular complexity index is 401. The molecule has 0 saturated heterocycles. The number of amides is 2. The second kappa shape index (κ2) is 5.03. The smallest absolute Gasteiger partial charge is 0.315 e. The van der Waals surface area contributed by atoms with Crippen LogP contribution in [-0.2, 0) is 6.54 Å². The van der Waals surface area contributed by atoms with Gasteiger partial charge in [0.2, 0.25) is 0 Å². The fraction of sp³-hybridized carbons (Fsp3) is 0.500. The summed E-state index contributed by atoms with van der Waals surface area (Å²) >= 11 is 0. The Labute approximate surface area is 101 Å². The molecule has 0 aromatic carbocycles. The molecule has 0 spiro atoms. The van der Waals surface area contributed by atoms with Gasteiger partial charge in [-0.3, -0.25) is 0 Å². The lowest BCUT2D eigenvalue weighted by atomic mass is 10.2. The van der Waals surface area contributed by atoms with Crippen molar-refractivity contribution in [2.24, 2.45) is 0 Å². The van der Waals surface area contributed by atoms with Crippen molar-refractivity contribution in [1.29, 1.82) is 0 Å². The van der Waals surface area contributed by atoms with Gasteiger partial charge in [0.25, 0.3) is 0 Å². The molecule has 1 fully saturated rings. The van der Waals surface area contributed by atoms with Crippen LogP contribution in [0.5, 0.6) is 0 Å². The Balaban J connectivity index is 1.84. The normalized spacial score (nSPS) is 14.2. The minimum Gasteiger partial charge on any atom is -0.363 e. The van der Waals surface area contributed by atoms with Gasteiger partial charge in [0.1, 0.15) is 5.82 Å². The lowest BCUT2D eigenvalue weighted by Gasteiger charge is -2.12.